The molecule has 0 bridgehead atoms. The Morgan fingerprint density at radius 1 is 1.24 bits per heavy atom. The van der Waals surface area contributed by atoms with Crippen LogP contribution in [-0.4, -0.2) is 27.7 Å². The van der Waals surface area contributed by atoms with Crippen molar-refractivity contribution in [1.82, 2.24) is 4.72 Å². The molecular weight excluding hydrogens is 288 g/mol. The van der Waals surface area contributed by atoms with Crippen molar-refractivity contribution in [3.63, 3.8) is 0 Å². The number of nitrogen functional groups attached to an aromatic ring is 1. The summed E-state index contributed by atoms with van der Waals surface area (Å²) in [7, 11) is -3.58. The molecule has 0 radical (unpaired) electrons. The van der Waals surface area contributed by atoms with Gasteiger partial charge in [-0.25, -0.2) is 13.1 Å². The van der Waals surface area contributed by atoms with E-state index in [1.807, 2.05) is 13.8 Å². The second-order valence-electron chi connectivity index (χ2n) is 5.65. The monoisotopic (exact) mass is 312 g/mol. The minimum Gasteiger partial charge on any atom is -0.398 e. The number of benzene rings is 1. The zero-order valence-electron chi connectivity index (χ0n) is 12.7. The Bertz CT molecular complexity index is 593. The first-order valence-electron chi connectivity index (χ1n) is 7.38. The van der Waals surface area contributed by atoms with Crippen molar-refractivity contribution < 1.29 is 13.2 Å². The van der Waals surface area contributed by atoms with Crippen molar-refractivity contribution >= 4 is 15.7 Å². The lowest BCUT2D eigenvalue weighted by Gasteiger charge is -2.13. The normalized spacial score (nSPS) is 16.5. The molecule has 0 saturated heterocycles. The SMILES string of the molecule is Cc1cc(N)c(S(=O)(=O)NCCOC2CCCC2)cc1C. The van der Waals surface area contributed by atoms with E-state index >= 15 is 0 Å². The quantitative estimate of drug-likeness (QED) is 0.623. The van der Waals surface area contributed by atoms with Gasteiger partial charge in [0.1, 0.15) is 4.90 Å². The van der Waals surface area contributed by atoms with Crippen LogP contribution >= 0.6 is 0 Å². The van der Waals surface area contributed by atoms with Crippen LogP contribution in [0.2, 0.25) is 0 Å². The maximum absolute atomic E-state index is 12.3. The predicted molar refractivity (Wildman–Crippen MR) is 83.7 cm³/mol. The molecule has 1 aliphatic carbocycles. The summed E-state index contributed by atoms with van der Waals surface area (Å²) in [5.74, 6) is 0. The summed E-state index contributed by atoms with van der Waals surface area (Å²) in [4.78, 5) is 0.145. The molecule has 1 aromatic carbocycles. The number of sulfonamides is 1. The molecular formula is C15H24N2O3S. The van der Waals surface area contributed by atoms with Crippen LogP contribution in [0.5, 0.6) is 0 Å². The largest absolute Gasteiger partial charge is 0.398 e. The number of aryl methyl sites for hydroxylation is 2. The van der Waals surface area contributed by atoms with Gasteiger partial charge in [0.15, 0.2) is 0 Å². The zero-order valence-corrected chi connectivity index (χ0v) is 13.5. The van der Waals surface area contributed by atoms with Gasteiger partial charge < -0.3 is 10.5 Å². The van der Waals surface area contributed by atoms with Crippen LogP contribution in [0.3, 0.4) is 0 Å². The van der Waals surface area contributed by atoms with Crippen LogP contribution in [0.15, 0.2) is 17.0 Å². The Morgan fingerprint density at radius 3 is 2.52 bits per heavy atom. The lowest BCUT2D eigenvalue weighted by atomic mass is 10.1. The molecule has 1 aromatic rings. The fraction of sp³-hybridized carbons (Fsp3) is 0.600. The second-order valence-corrected chi connectivity index (χ2v) is 7.38. The summed E-state index contributed by atoms with van der Waals surface area (Å²) in [5, 5.41) is 0. The van der Waals surface area contributed by atoms with Crippen molar-refractivity contribution in [3.8, 4) is 0 Å². The Hall–Kier alpha value is -1.11. The average molecular weight is 312 g/mol. The van der Waals surface area contributed by atoms with Gasteiger partial charge in [0.25, 0.3) is 0 Å². The number of nitrogens with one attached hydrogen (secondary N) is 1. The number of hydrogen-bond acceptors (Lipinski definition) is 4. The maximum Gasteiger partial charge on any atom is 0.242 e. The third-order valence-electron chi connectivity index (χ3n) is 3.97. The first kappa shape index (κ1) is 16.3. The average Bonchev–Trinajstić information content (AvgIpc) is 2.92. The van der Waals surface area contributed by atoms with E-state index in [0.717, 1.165) is 24.0 Å². The van der Waals surface area contributed by atoms with Crippen molar-refractivity contribution in [3.05, 3.63) is 23.3 Å². The van der Waals surface area contributed by atoms with Gasteiger partial charge in [0, 0.05) is 6.54 Å². The summed E-state index contributed by atoms with van der Waals surface area (Å²) in [5.41, 5.74) is 8.00. The Morgan fingerprint density at radius 2 is 1.86 bits per heavy atom. The molecule has 0 heterocycles. The summed E-state index contributed by atoms with van der Waals surface area (Å²) in [6, 6.07) is 3.31. The topological polar surface area (TPSA) is 81.4 Å². The van der Waals surface area contributed by atoms with Crippen LogP contribution < -0.4 is 10.5 Å². The van der Waals surface area contributed by atoms with Gasteiger partial charge in [-0.05, 0) is 49.9 Å². The van der Waals surface area contributed by atoms with Crippen LogP contribution in [-0.2, 0) is 14.8 Å². The van der Waals surface area contributed by atoms with Crippen molar-refractivity contribution in [2.45, 2.75) is 50.5 Å². The van der Waals surface area contributed by atoms with Gasteiger partial charge in [-0.15, -0.1) is 0 Å². The minimum atomic E-state index is -3.58. The molecule has 6 heteroatoms. The fourth-order valence-corrected chi connectivity index (χ4v) is 3.79. The second kappa shape index (κ2) is 6.77. The Labute approximate surface area is 126 Å². The Balaban J connectivity index is 1.93. The zero-order chi connectivity index (χ0) is 15.5. The van der Waals surface area contributed by atoms with Gasteiger partial charge in [-0.3, -0.25) is 0 Å². The highest BCUT2D eigenvalue weighted by atomic mass is 32.2. The molecule has 1 aliphatic rings. The van der Waals surface area contributed by atoms with E-state index in [4.69, 9.17) is 10.5 Å². The van der Waals surface area contributed by atoms with Gasteiger partial charge in [0.2, 0.25) is 10.0 Å². The van der Waals surface area contributed by atoms with Crippen LogP contribution in [0.1, 0.15) is 36.8 Å². The molecule has 3 N–H and O–H groups in total. The van der Waals surface area contributed by atoms with E-state index in [9.17, 15) is 8.42 Å². The van der Waals surface area contributed by atoms with Crippen LogP contribution in [0.25, 0.3) is 0 Å². The molecule has 0 aliphatic heterocycles. The molecule has 5 nitrogen and oxygen atoms in total. The molecule has 1 fully saturated rings. The van der Waals surface area contributed by atoms with E-state index in [-0.39, 0.29) is 17.1 Å². The summed E-state index contributed by atoms with van der Waals surface area (Å²) in [6.07, 6.45) is 4.86. The third-order valence-corrected chi connectivity index (χ3v) is 5.48. The third kappa shape index (κ3) is 4.18. The van der Waals surface area contributed by atoms with Gasteiger partial charge in [-0.1, -0.05) is 12.8 Å². The van der Waals surface area contributed by atoms with Gasteiger partial charge in [0.05, 0.1) is 18.4 Å². The highest BCUT2D eigenvalue weighted by Gasteiger charge is 2.19. The number of rotatable bonds is 6. The minimum absolute atomic E-state index is 0.145. The van der Waals surface area contributed by atoms with Crippen molar-refractivity contribution in [2.75, 3.05) is 18.9 Å². The molecule has 2 rings (SSSR count). The summed E-state index contributed by atoms with van der Waals surface area (Å²) < 4.78 is 32.7. The first-order valence-corrected chi connectivity index (χ1v) is 8.86. The molecule has 118 valence electrons. The molecule has 0 spiro atoms. The number of hydrogen-bond donors (Lipinski definition) is 2. The molecule has 0 aromatic heterocycles. The smallest absolute Gasteiger partial charge is 0.242 e. The summed E-state index contributed by atoms with van der Waals surface area (Å²) in [6.45, 7) is 4.45. The Kier molecular flexibility index (Phi) is 5.24. The highest BCUT2D eigenvalue weighted by Crippen LogP contribution is 2.23. The molecule has 0 atom stereocenters. The number of nitrogens with two attached hydrogens (primary N) is 1. The number of anilines is 1. The van der Waals surface area contributed by atoms with E-state index in [0.29, 0.717) is 12.7 Å². The molecule has 0 amide bonds. The van der Waals surface area contributed by atoms with Gasteiger partial charge in [-0.2, -0.15) is 0 Å². The fourth-order valence-electron chi connectivity index (χ4n) is 2.58. The molecule has 1 saturated carbocycles. The van der Waals surface area contributed by atoms with E-state index in [2.05, 4.69) is 4.72 Å². The first-order chi connectivity index (χ1) is 9.90. The van der Waals surface area contributed by atoms with Crippen LogP contribution in [0, 0.1) is 13.8 Å². The van der Waals surface area contributed by atoms with E-state index < -0.39 is 10.0 Å². The maximum atomic E-state index is 12.3. The molecule has 21 heavy (non-hydrogen) atoms. The molecule has 0 unspecified atom stereocenters. The van der Waals surface area contributed by atoms with Crippen molar-refractivity contribution in [2.24, 2.45) is 0 Å². The lowest BCUT2D eigenvalue weighted by Crippen LogP contribution is -2.29. The van der Waals surface area contributed by atoms with Crippen LogP contribution in [0.4, 0.5) is 5.69 Å². The highest BCUT2D eigenvalue weighted by molar-refractivity contribution is 7.89. The predicted octanol–water partition coefficient (Wildman–Crippen LogP) is 2.12. The lowest BCUT2D eigenvalue weighted by molar-refractivity contribution is 0.0626. The van der Waals surface area contributed by atoms with Crippen molar-refractivity contribution in [1.29, 1.82) is 0 Å². The standard InChI is InChI=1S/C15H24N2O3S/c1-11-9-14(16)15(10-12(11)2)21(18,19)17-7-8-20-13-5-3-4-6-13/h9-10,13,17H,3-8,16H2,1-2H3. The number of ether oxygens (including phenoxy) is 1. The van der Waals surface area contributed by atoms with E-state index in [1.165, 1.54) is 12.8 Å². The summed E-state index contributed by atoms with van der Waals surface area (Å²) >= 11 is 0. The van der Waals surface area contributed by atoms with E-state index in [1.54, 1.807) is 12.1 Å². The van der Waals surface area contributed by atoms with Gasteiger partial charge >= 0.3 is 0 Å².